The Balaban J connectivity index is 1.53. The van der Waals surface area contributed by atoms with Gasteiger partial charge < -0.3 is 19.5 Å². The summed E-state index contributed by atoms with van der Waals surface area (Å²) in [6.07, 6.45) is 1.80. The van der Waals surface area contributed by atoms with Crippen molar-refractivity contribution < 1.29 is 19.0 Å². The second-order valence-corrected chi connectivity index (χ2v) is 8.61. The number of halogens is 1. The number of methoxy groups -OCH3 is 1. The van der Waals surface area contributed by atoms with Gasteiger partial charge in [0.25, 0.3) is 5.91 Å². The Morgan fingerprint density at radius 1 is 1.00 bits per heavy atom. The number of benzene rings is 3. The number of nitrogens with zero attached hydrogens (tertiary/aromatic N) is 1. The summed E-state index contributed by atoms with van der Waals surface area (Å²) in [5.74, 6) is 1.62. The predicted octanol–water partition coefficient (Wildman–Crippen LogP) is 6.22. The van der Waals surface area contributed by atoms with Gasteiger partial charge in [0.2, 0.25) is 0 Å². The lowest BCUT2D eigenvalue weighted by molar-refractivity contribution is -0.115. The number of thioether (sulfide) groups is 1. The molecule has 6 nitrogen and oxygen atoms in total. The fraction of sp³-hybridized carbons (Fsp3) is 0.154. The van der Waals surface area contributed by atoms with Crippen molar-refractivity contribution in [2.24, 2.45) is 4.99 Å². The number of hydrogen-bond acceptors (Lipinski definition) is 6. The molecule has 174 valence electrons. The van der Waals surface area contributed by atoms with Crippen molar-refractivity contribution in [3.63, 3.8) is 0 Å². The number of hydrogen-bond donors (Lipinski definition) is 1. The molecule has 1 aliphatic heterocycles. The fourth-order valence-corrected chi connectivity index (χ4v) is 4.26. The third kappa shape index (κ3) is 5.73. The Morgan fingerprint density at radius 3 is 2.59 bits per heavy atom. The van der Waals surface area contributed by atoms with Gasteiger partial charge in [0, 0.05) is 10.6 Å². The molecule has 0 unspecified atom stereocenters. The summed E-state index contributed by atoms with van der Waals surface area (Å²) >= 11 is 7.50. The van der Waals surface area contributed by atoms with Crippen LogP contribution in [-0.2, 0) is 11.4 Å². The maximum absolute atomic E-state index is 12.5. The molecule has 0 bridgehead atoms. The molecular formula is C26H23ClN2O4S. The van der Waals surface area contributed by atoms with Crippen LogP contribution in [0.5, 0.6) is 17.2 Å². The highest BCUT2D eigenvalue weighted by Gasteiger charge is 2.24. The Morgan fingerprint density at radius 2 is 1.79 bits per heavy atom. The van der Waals surface area contributed by atoms with Gasteiger partial charge in [-0.3, -0.25) is 4.79 Å². The standard InChI is InChI=1S/C26H23ClN2O4S/c1-3-32-23-14-17(12-13-22(23)33-16-18-8-4-5-9-19(18)27)15-24-25(30)29-26(34-24)28-20-10-6-7-11-21(20)31-2/h4-15H,3,16H2,1-2H3,(H,28,29,30). The molecule has 8 heteroatoms. The van der Waals surface area contributed by atoms with E-state index < -0.39 is 0 Å². The minimum atomic E-state index is -0.212. The summed E-state index contributed by atoms with van der Waals surface area (Å²) in [4.78, 5) is 17.6. The Bertz CT molecular complexity index is 1260. The molecule has 3 aromatic carbocycles. The number of amides is 1. The topological polar surface area (TPSA) is 69.2 Å². The Labute approximate surface area is 207 Å². The second kappa shape index (κ2) is 11.1. The Kier molecular flexibility index (Phi) is 7.77. The molecule has 0 saturated carbocycles. The van der Waals surface area contributed by atoms with Crippen LogP contribution in [-0.4, -0.2) is 24.8 Å². The largest absolute Gasteiger partial charge is 0.494 e. The molecule has 0 aromatic heterocycles. The number of ether oxygens (including phenoxy) is 3. The van der Waals surface area contributed by atoms with E-state index >= 15 is 0 Å². The van der Waals surface area contributed by atoms with Crippen LogP contribution >= 0.6 is 23.4 Å². The Hall–Kier alpha value is -3.42. The van der Waals surface area contributed by atoms with E-state index in [-0.39, 0.29) is 5.91 Å². The van der Waals surface area contributed by atoms with Gasteiger partial charge in [-0.1, -0.05) is 48.0 Å². The number of amidine groups is 1. The summed E-state index contributed by atoms with van der Waals surface area (Å²) in [5.41, 5.74) is 2.34. The van der Waals surface area contributed by atoms with Crippen molar-refractivity contribution in [2.45, 2.75) is 13.5 Å². The molecule has 0 radical (unpaired) electrons. The van der Waals surface area contributed by atoms with Gasteiger partial charge in [-0.25, -0.2) is 4.99 Å². The second-order valence-electron chi connectivity index (χ2n) is 7.17. The first-order chi connectivity index (χ1) is 16.6. The van der Waals surface area contributed by atoms with E-state index in [9.17, 15) is 4.79 Å². The lowest BCUT2D eigenvalue weighted by Gasteiger charge is -2.13. The van der Waals surface area contributed by atoms with Crippen LogP contribution in [0.4, 0.5) is 5.69 Å². The molecule has 1 N–H and O–H groups in total. The fourth-order valence-electron chi connectivity index (χ4n) is 3.24. The molecule has 0 atom stereocenters. The molecule has 1 saturated heterocycles. The minimum Gasteiger partial charge on any atom is -0.494 e. The minimum absolute atomic E-state index is 0.212. The maximum atomic E-state index is 12.5. The number of aliphatic imine (C=N–C) groups is 1. The van der Waals surface area contributed by atoms with Crippen molar-refractivity contribution in [1.29, 1.82) is 0 Å². The van der Waals surface area contributed by atoms with E-state index in [1.54, 1.807) is 13.2 Å². The third-order valence-corrected chi connectivity index (χ3v) is 6.14. The summed E-state index contributed by atoms with van der Waals surface area (Å²) in [6.45, 7) is 2.71. The van der Waals surface area contributed by atoms with Gasteiger partial charge in [-0.2, -0.15) is 0 Å². The van der Waals surface area contributed by atoms with Crippen LogP contribution in [0, 0.1) is 0 Å². The van der Waals surface area contributed by atoms with Crippen LogP contribution in [0.3, 0.4) is 0 Å². The van der Waals surface area contributed by atoms with Crippen LogP contribution in [0.1, 0.15) is 18.1 Å². The molecule has 1 heterocycles. The van der Waals surface area contributed by atoms with E-state index in [4.69, 9.17) is 25.8 Å². The summed E-state index contributed by atoms with van der Waals surface area (Å²) < 4.78 is 17.1. The van der Waals surface area contributed by atoms with Crippen LogP contribution in [0.2, 0.25) is 5.02 Å². The van der Waals surface area contributed by atoms with Gasteiger partial charge in [-0.15, -0.1) is 0 Å². The van der Waals surface area contributed by atoms with Gasteiger partial charge in [0.15, 0.2) is 16.7 Å². The van der Waals surface area contributed by atoms with Crippen molar-refractivity contribution in [3.8, 4) is 17.2 Å². The SMILES string of the molecule is CCOc1cc(C=C2SC(=Nc3ccccc3OC)NC2=O)ccc1OCc1ccccc1Cl. The molecule has 0 aliphatic carbocycles. The number of carbonyl (C=O) groups excluding carboxylic acids is 1. The smallest absolute Gasteiger partial charge is 0.264 e. The highest BCUT2D eigenvalue weighted by atomic mass is 35.5. The van der Waals surface area contributed by atoms with Gasteiger partial charge in [0.1, 0.15) is 18.0 Å². The predicted molar refractivity (Wildman–Crippen MR) is 137 cm³/mol. The first kappa shape index (κ1) is 23.7. The van der Waals surface area contributed by atoms with Crippen molar-refractivity contribution >= 4 is 46.2 Å². The monoisotopic (exact) mass is 494 g/mol. The molecule has 3 aromatic rings. The molecule has 4 rings (SSSR count). The van der Waals surface area contributed by atoms with E-state index in [0.29, 0.717) is 51.2 Å². The van der Waals surface area contributed by atoms with Crippen LogP contribution < -0.4 is 19.5 Å². The first-order valence-corrected chi connectivity index (χ1v) is 11.8. The third-order valence-electron chi connectivity index (χ3n) is 4.86. The lowest BCUT2D eigenvalue weighted by Crippen LogP contribution is -2.19. The van der Waals surface area contributed by atoms with Gasteiger partial charge in [-0.05, 0) is 60.7 Å². The number of para-hydroxylation sites is 2. The first-order valence-electron chi connectivity index (χ1n) is 10.6. The van der Waals surface area contributed by atoms with Gasteiger partial charge >= 0.3 is 0 Å². The highest BCUT2D eigenvalue weighted by molar-refractivity contribution is 8.18. The summed E-state index contributed by atoms with van der Waals surface area (Å²) in [5, 5.41) is 3.94. The quantitative estimate of drug-likeness (QED) is 0.376. The average Bonchev–Trinajstić information content (AvgIpc) is 3.18. The van der Waals surface area contributed by atoms with Crippen LogP contribution in [0.15, 0.2) is 76.6 Å². The van der Waals surface area contributed by atoms with Crippen LogP contribution in [0.25, 0.3) is 6.08 Å². The zero-order valence-electron chi connectivity index (χ0n) is 18.7. The van der Waals surface area contributed by atoms with E-state index in [2.05, 4.69) is 10.3 Å². The van der Waals surface area contributed by atoms with E-state index in [1.807, 2.05) is 73.7 Å². The molecule has 0 spiro atoms. The van der Waals surface area contributed by atoms with Crippen molar-refractivity contribution in [1.82, 2.24) is 5.32 Å². The molecule has 34 heavy (non-hydrogen) atoms. The normalized spacial score (nSPS) is 15.4. The average molecular weight is 495 g/mol. The van der Waals surface area contributed by atoms with Crippen molar-refractivity contribution in [2.75, 3.05) is 13.7 Å². The zero-order chi connectivity index (χ0) is 23.9. The molecule has 1 fully saturated rings. The molecular weight excluding hydrogens is 472 g/mol. The van der Waals surface area contributed by atoms with E-state index in [1.165, 1.54) is 11.8 Å². The number of nitrogens with one attached hydrogen (secondary N) is 1. The molecule has 1 amide bonds. The summed E-state index contributed by atoms with van der Waals surface area (Å²) in [6, 6.07) is 20.5. The number of carbonyl (C=O) groups is 1. The van der Waals surface area contributed by atoms with E-state index in [0.717, 1.165) is 11.1 Å². The molecule has 1 aliphatic rings. The number of rotatable bonds is 8. The maximum Gasteiger partial charge on any atom is 0.264 e. The van der Waals surface area contributed by atoms with Crippen molar-refractivity contribution in [3.05, 3.63) is 87.8 Å². The highest BCUT2D eigenvalue weighted by Crippen LogP contribution is 2.34. The zero-order valence-corrected chi connectivity index (χ0v) is 20.3. The lowest BCUT2D eigenvalue weighted by atomic mass is 10.2. The van der Waals surface area contributed by atoms with Gasteiger partial charge in [0.05, 0.1) is 18.6 Å². The summed E-state index contributed by atoms with van der Waals surface area (Å²) in [7, 11) is 1.59.